The Balaban J connectivity index is 1.59. The summed E-state index contributed by atoms with van der Waals surface area (Å²) in [6.07, 6.45) is -7.07. The molecule has 0 aromatic heterocycles. The van der Waals surface area contributed by atoms with E-state index in [-0.39, 0.29) is 18.7 Å². The molecule has 0 fully saturated rings. The molecule has 1 heterocycles. The fraction of sp³-hybridized carbons (Fsp3) is 0.192. The monoisotopic (exact) mass is 515 g/mol. The fourth-order valence-electron chi connectivity index (χ4n) is 3.73. The van der Waals surface area contributed by atoms with Crippen molar-refractivity contribution in [2.75, 3.05) is 11.9 Å². The maximum Gasteiger partial charge on any atom is 0.573 e. The van der Waals surface area contributed by atoms with Crippen LogP contribution in [0, 0.1) is 5.82 Å². The number of carbonyl (C=O) groups is 2. The van der Waals surface area contributed by atoms with Crippen molar-refractivity contribution in [3.8, 4) is 5.75 Å². The Morgan fingerprint density at radius 1 is 1.03 bits per heavy atom. The lowest BCUT2D eigenvalue weighted by Gasteiger charge is -2.20. The number of benzodiazepines with no additional fused rings is 1. The highest BCUT2D eigenvalue weighted by Gasteiger charge is 2.32. The highest BCUT2D eigenvalue weighted by atomic mass is 19.4. The number of nitrogens with zero attached hydrogens (tertiary/aromatic N) is 2. The number of halogens is 4. The average Bonchev–Trinajstić information content (AvgIpc) is 2.94. The fourth-order valence-corrected chi connectivity index (χ4v) is 3.73. The maximum atomic E-state index is 14.2. The lowest BCUT2D eigenvalue weighted by molar-refractivity contribution is -0.274. The van der Waals surface area contributed by atoms with E-state index in [1.807, 2.05) is 6.07 Å². The molecule has 192 valence electrons. The molecule has 0 saturated carbocycles. The maximum absolute atomic E-state index is 14.2. The summed E-state index contributed by atoms with van der Waals surface area (Å²) in [5.41, 5.74) is 2.15. The third-order valence-electron chi connectivity index (χ3n) is 5.48. The Labute approximate surface area is 209 Å². The van der Waals surface area contributed by atoms with Crippen molar-refractivity contribution >= 4 is 23.4 Å². The molecular formula is C26H21F4N3O4. The van der Waals surface area contributed by atoms with E-state index in [9.17, 15) is 27.2 Å². The highest BCUT2D eigenvalue weighted by Crippen LogP contribution is 2.28. The van der Waals surface area contributed by atoms with Gasteiger partial charge >= 0.3 is 12.5 Å². The minimum atomic E-state index is -4.83. The van der Waals surface area contributed by atoms with Gasteiger partial charge in [0.2, 0.25) is 6.17 Å². The molecule has 1 unspecified atom stereocenters. The number of likely N-dealkylation sites (N-methyl/N-ethyl adjacent to an activating group) is 1. The van der Waals surface area contributed by atoms with E-state index in [0.717, 1.165) is 17.7 Å². The first-order valence-corrected chi connectivity index (χ1v) is 11.0. The predicted molar refractivity (Wildman–Crippen MR) is 127 cm³/mol. The van der Waals surface area contributed by atoms with Crippen LogP contribution >= 0.6 is 0 Å². The van der Waals surface area contributed by atoms with Gasteiger partial charge in [-0.1, -0.05) is 42.5 Å². The van der Waals surface area contributed by atoms with E-state index < -0.39 is 36.1 Å². The summed E-state index contributed by atoms with van der Waals surface area (Å²) in [6.45, 7) is -0.0300. The van der Waals surface area contributed by atoms with Gasteiger partial charge in [0.25, 0.3) is 5.91 Å². The van der Waals surface area contributed by atoms with Gasteiger partial charge in [-0.3, -0.25) is 15.1 Å². The second-order valence-electron chi connectivity index (χ2n) is 8.11. The number of carbonyl (C=O) groups excluding carboxylic acids is 2. The molecule has 1 aliphatic heterocycles. The van der Waals surface area contributed by atoms with Gasteiger partial charge in [0, 0.05) is 19.0 Å². The summed E-state index contributed by atoms with van der Waals surface area (Å²) in [6, 6.07) is 17.8. The third-order valence-corrected chi connectivity index (χ3v) is 5.48. The van der Waals surface area contributed by atoms with Gasteiger partial charge in [0.1, 0.15) is 18.2 Å². The molecule has 2 amide bonds. The number of fused-ring (bicyclic) bond motifs is 1. The molecule has 1 aliphatic rings. The summed E-state index contributed by atoms with van der Waals surface area (Å²) in [4.78, 5) is 31.2. The number of anilines is 1. The number of aliphatic imine (C=N–C) groups is 1. The van der Waals surface area contributed by atoms with Crippen LogP contribution in [0.25, 0.3) is 0 Å². The highest BCUT2D eigenvalue weighted by molar-refractivity contribution is 6.13. The van der Waals surface area contributed by atoms with Crippen LogP contribution in [0.2, 0.25) is 0 Å². The zero-order valence-electron chi connectivity index (χ0n) is 19.5. The number of amides is 2. The Morgan fingerprint density at radius 3 is 2.41 bits per heavy atom. The van der Waals surface area contributed by atoms with Crippen molar-refractivity contribution < 1.29 is 36.6 Å². The van der Waals surface area contributed by atoms with Crippen LogP contribution in [0.3, 0.4) is 0 Å². The lowest BCUT2D eigenvalue weighted by Crippen LogP contribution is -2.46. The van der Waals surface area contributed by atoms with Gasteiger partial charge in [-0.05, 0) is 41.5 Å². The van der Waals surface area contributed by atoms with Gasteiger partial charge in [-0.15, -0.1) is 13.2 Å². The van der Waals surface area contributed by atoms with Crippen LogP contribution < -0.4 is 15.0 Å². The quantitative estimate of drug-likeness (QED) is 0.470. The second kappa shape index (κ2) is 10.7. The molecule has 1 atom stereocenters. The Bertz CT molecular complexity index is 1310. The standard InChI is InChI=1S/C26H21F4N3O4/c1-33-22-12-9-18(27)14-20(22)21(13-16-7-10-19(11-8-16)37-26(28,29)30)31-23(24(33)34)32-25(35)36-15-17-5-3-2-4-6-17/h2-12,14,23H,13,15H2,1H3,(H,32,35). The minimum Gasteiger partial charge on any atom is -0.445 e. The summed E-state index contributed by atoms with van der Waals surface area (Å²) in [7, 11) is 1.46. The zero-order valence-corrected chi connectivity index (χ0v) is 19.5. The molecule has 7 nitrogen and oxygen atoms in total. The van der Waals surface area contributed by atoms with Crippen LogP contribution in [0.4, 0.5) is 28.0 Å². The van der Waals surface area contributed by atoms with E-state index >= 15 is 0 Å². The SMILES string of the molecule is CN1C(=O)C(NC(=O)OCc2ccccc2)N=C(Cc2ccc(OC(F)(F)F)cc2)c2cc(F)ccc21. The summed E-state index contributed by atoms with van der Waals surface area (Å²) < 4.78 is 60.7. The first-order chi connectivity index (χ1) is 17.6. The number of ether oxygens (including phenoxy) is 2. The van der Waals surface area contributed by atoms with Crippen LogP contribution in [0.5, 0.6) is 5.75 Å². The molecule has 11 heteroatoms. The van der Waals surface area contributed by atoms with E-state index in [2.05, 4.69) is 15.0 Å². The van der Waals surface area contributed by atoms with Crippen LogP contribution in [-0.2, 0) is 22.6 Å². The summed E-state index contributed by atoms with van der Waals surface area (Å²) in [5, 5.41) is 2.43. The summed E-state index contributed by atoms with van der Waals surface area (Å²) in [5.74, 6) is -1.57. The minimum absolute atomic E-state index is 0.0289. The molecule has 0 spiro atoms. The predicted octanol–water partition coefficient (Wildman–Crippen LogP) is 4.99. The molecule has 0 saturated heterocycles. The molecule has 37 heavy (non-hydrogen) atoms. The molecule has 1 N–H and O–H groups in total. The van der Waals surface area contributed by atoms with Crippen molar-refractivity contribution in [2.45, 2.75) is 25.6 Å². The number of nitrogens with one attached hydrogen (secondary N) is 1. The lowest BCUT2D eigenvalue weighted by atomic mass is 10.00. The van der Waals surface area contributed by atoms with Gasteiger partial charge < -0.3 is 14.4 Å². The van der Waals surface area contributed by atoms with Crippen molar-refractivity contribution in [1.29, 1.82) is 0 Å². The third kappa shape index (κ3) is 6.63. The topological polar surface area (TPSA) is 80.2 Å². The number of hydrogen-bond acceptors (Lipinski definition) is 5. The molecular weight excluding hydrogens is 494 g/mol. The van der Waals surface area contributed by atoms with Gasteiger partial charge in [0.05, 0.1) is 11.4 Å². The van der Waals surface area contributed by atoms with Crippen molar-refractivity contribution in [3.63, 3.8) is 0 Å². The smallest absolute Gasteiger partial charge is 0.445 e. The van der Waals surface area contributed by atoms with Crippen molar-refractivity contribution in [1.82, 2.24) is 5.32 Å². The average molecular weight is 515 g/mol. The number of rotatable bonds is 6. The van der Waals surface area contributed by atoms with Crippen LogP contribution in [0.1, 0.15) is 16.7 Å². The van der Waals surface area contributed by atoms with Crippen molar-refractivity contribution in [3.05, 3.63) is 95.3 Å². The number of hydrogen-bond donors (Lipinski definition) is 1. The first kappa shape index (κ1) is 25.7. The normalized spacial score (nSPS) is 15.4. The van der Waals surface area contributed by atoms with Crippen molar-refractivity contribution in [2.24, 2.45) is 4.99 Å². The summed E-state index contributed by atoms with van der Waals surface area (Å²) >= 11 is 0. The Kier molecular flexibility index (Phi) is 7.42. The number of alkyl halides is 3. The van der Waals surface area contributed by atoms with Gasteiger partial charge in [-0.2, -0.15) is 0 Å². The molecule has 0 aliphatic carbocycles. The molecule has 0 radical (unpaired) electrons. The second-order valence-corrected chi connectivity index (χ2v) is 8.11. The zero-order chi connectivity index (χ0) is 26.6. The number of alkyl carbamates (subject to hydrolysis) is 1. The Hall–Kier alpha value is -4.41. The van der Waals surface area contributed by atoms with E-state index in [1.54, 1.807) is 24.3 Å². The molecule has 3 aromatic rings. The van der Waals surface area contributed by atoms with E-state index in [4.69, 9.17) is 4.74 Å². The largest absolute Gasteiger partial charge is 0.573 e. The van der Waals surface area contributed by atoms with Crippen LogP contribution in [0.15, 0.2) is 77.8 Å². The van der Waals surface area contributed by atoms with Gasteiger partial charge in [0.15, 0.2) is 0 Å². The van der Waals surface area contributed by atoms with Gasteiger partial charge in [-0.25, -0.2) is 9.18 Å². The molecule has 0 bridgehead atoms. The van der Waals surface area contributed by atoms with E-state index in [0.29, 0.717) is 16.8 Å². The number of benzene rings is 3. The Morgan fingerprint density at radius 2 is 1.73 bits per heavy atom. The molecule has 4 rings (SSSR count). The van der Waals surface area contributed by atoms with E-state index in [1.165, 1.54) is 42.3 Å². The first-order valence-electron chi connectivity index (χ1n) is 11.0. The molecule has 3 aromatic carbocycles. The van der Waals surface area contributed by atoms with Crippen LogP contribution in [-0.4, -0.2) is 37.3 Å².